The molecule has 0 radical (unpaired) electrons. The molecular weight excluding hydrogens is 296 g/mol. The van der Waals surface area contributed by atoms with E-state index in [0.29, 0.717) is 18.9 Å². The first-order valence-corrected chi connectivity index (χ1v) is 8.73. The lowest BCUT2D eigenvalue weighted by Gasteiger charge is -2.23. The standard InChI is InChI=1S/C21H26N2O/c1-15-7-8-17(13-16(15)2)14-23(19-10-11-19)21(24)12-9-18-5-3-4-6-20(18)22/h3-8,13,19H,9-12,14,22H2,1-2H3. The second kappa shape index (κ2) is 7.08. The summed E-state index contributed by atoms with van der Waals surface area (Å²) < 4.78 is 0. The molecular formula is C21H26N2O. The van der Waals surface area contributed by atoms with E-state index < -0.39 is 0 Å². The van der Waals surface area contributed by atoms with Crippen LogP contribution in [0.15, 0.2) is 42.5 Å². The van der Waals surface area contributed by atoms with E-state index in [1.807, 2.05) is 24.3 Å². The fourth-order valence-corrected chi connectivity index (χ4v) is 3.05. The number of benzene rings is 2. The van der Waals surface area contributed by atoms with Gasteiger partial charge in [-0.1, -0.05) is 36.4 Å². The van der Waals surface area contributed by atoms with Crippen LogP contribution in [0.4, 0.5) is 5.69 Å². The van der Waals surface area contributed by atoms with Crippen LogP contribution < -0.4 is 5.73 Å². The van der Waals surface area contributed by atoms with Crippen LogP contribution in [0.2, 0.25) is 0 Å². The van der Waals surface area contributed by atoms with Gasteiger partial charge in [0.05, 0.1) is 0 Å². The Hall–Kier alpha value is -2.29. The third kappa shape index (κ3) is 3.97. The molecule has 0 aliphatic heterocycles. The number of nitrogens with zero attached hydrogens (tertiary/aromatic N) is 1. The van der Waals surface area contributed by atoms with Crippen LogP contribution in [0.3, 0.4) is 0 Å². The number of carbonyl (C=O) groups excluding carboxylic acids is 1. The van der Waals surface area contributed by atoms with Gasteiger partial charge in [0.25, 0.3) is 0 Å². The first-order chi connectivity index (χ1) is 11.5. The van der Waals surface area contributed by atoms with Crippen molar-refractivity contribution in [2.75, 3.05) is 5.73 Å². The first-order valence-electron chi connectivity index (χ1n) is 8.73. The van der Waals surface area contributed by atoms with Crippen molar-refractivity contribution in [3.63, 3.8) is 0 Å². The highest BCUT2D eigenvalue weighted by Crippen LogP contribution is 2.29. The second-order valence-corrected chi connectivity index (χ2v) is 6.87. The van der Waals surface area contributed by atoms with Gasteiger partial charge < -0.3 is 10.6 Å². The SMILES string of the molecule is Cc1ccc(CN(C(=O)CCc2ccccc2N)C2CC2)cc1C. The topological polar surface area (TPSA) is 46.3 Å². The Morgan fingerprint density at radius 3 is 2.54 bits per heavy atom. The highest BCUT2D eigenvalue weighted by molar-refractivity contribution is 5.77. The Kier molecular flexibility index (Phi) is 4.89. The molecule has 1 amide bonds. The zero-order valence-corrected chi connectivity index (χ0v) is 14.6. The lowest BCUT2D eigenvalue weighted by Crippen LogP contribution is -2.32. The van der Waals surface area contributed by atoms with Crippen molar-refractivity contribution < 1.29 is 4.79 Å². The van der Waals surface area contributed by atoms with E-state index in [0.717, 1.165) is 30.6 Å². The molecule has 0 heterocycles. The fraction of sp³-hybridized carbons (Fsp3) is 0.381. The number of para-hydroxylation sites is 1. The van der Waals surface area contributed by atoms with E-state index in [1.54, 1.807) is 0 Å². The van der Waals surface area contributed by atoms with E-state index in [2.05, 4.69) is 36.9 Å². The summed E-state index contributed by atoms with van der Waals surface area (Å²) in [6, 6.07) is 14.7. The van der Waals surface area contributed by atoms with Crippen molar-refractivity contribution in [2.45, 2.75) is 52.1 Å². The molecule has 1 aliphatic carbocycles. The molecule has 0 aromatic heterocycles. The minimum atomic E-state index is 0.235. The number of hydrogen-bond donors (Lipinski definition) is 1. The Balaban J connectivity index is 1.65. The maximum atomic E-state index is 12.8. The first kappa shape index (κ1) is 16.6. The van der Waals surface area contributed by atoms with Crippen LogP contribution in [0.1, 0.15) is 41.5 Å². The summed E-state index contributed by atoms with van der Waals surface area (Å²) in [5, 5.41) is 0. The minimum Gasteiger partial charge on any atom is -0.399 e. The average molecular weight is 322 g/mol. The summed E-state index contributed by atoms with van der Waals surface area (Å²) in [7, 11) is 0. The van der Waals surface area contributed by atoms with Gasteiger partial charge in [0.2, 0.25) is 5.91 Å². The number of rotatable bonds is 6. The van der Waals surface area contributed by atoms with Crippen molar-refractivity contribution in [1.29, 1.82) is 0 Å². The number of aryl methyl sites for hydroxylation is 3. The second-order valence-electron chi connectivity index (χ2n) is 6.87. The van der Waals surface area contributed by atoms with E-state index >= 15 is 0 Å². The fourth-order valence-electron chi connectivity index (χ4n) is 3.05. The van der Waals surface area contributed by atoms with Gasteiger partial charge in [-0.2, -0.15) is 0 Å². The maximum Gasteiger partial charge on any atom is 0.223 e. The van der Waals surface area contributed by atoms with E-state index in [1.165, 1.54) is 16.7 Å². The number of anilines is 1. The third-order valence-corrected chi connectivity index (χ3v) is 4.90. The number of nitrogen functional groups attached to an aromatic ring is 1. The zero-order chi connectivity index (χ0) is 17.1. The zero-order valence-electron chi connectivity index (χ0n) is 14.6. The molecule has 3 rings (SSSR count). The van der Waals surface area contributed by atoms with Gasteiger partial charge in [-0.15, -0.1) is 0 Å². The number of nitrogens with two attached hydrogens (primary N) is 1. The number of carbonyl (C=O) groups is 1. The number of hydrogen-bond acceptors (Lipinski definition) is 2. The molecule has 3 heteroatoms. The quantitative estimate of drug-likeness (QED) is 0.817. The van der Waals surface area contributed by atoms with Gasteiger partial charge in [-0.05, 0) is 61.4 Å². The minimum absolute atomic E-state index is 0.235. The summed E-state index contributed by atoms with van der Waals surface area (Å²) in [6.07, 6.45) is 3.49. The van der Waals surface area contributed by atoms with Crippen molar-refractivity contribution in [3.05, 3.63) is 64.7 Å². The van der Waals surface area contributed by atoms with E-state index in [-0.39, 0.29) is 5.91 Å². The lowest BCUT2D eigenvalue weighted by molar-refractivity contribution is -0.132. The predicted octanol–water partition coefficient (Wildman–Crippen LogP) is 4.01. The number of amides is 1. The van der Waals surface area contributed by atoms with Gasteiger partial charge in [-0.25, -0.2) is 0 Å². The third-order valence-electron chi connectivity index (χ3n) is 4.90. The van der Waals surface area contributed by atoms with Gasteiger partial charge >= 0.3 is 0 Å². The van der Waals surface area contributed by atoms with Crippen molar-refractivity contribution in [1.82, 2.24) is 4.90 Å². The molecule has 0 saturated heterocycles. The molecule has 2 N–H and O–H groups in total. The molecule has 0 atom stereocenters. The van der Waals surface area contributed by atoms with Gasteiger partial charge in [-0.3, -0.25) is 4.79 Å². The Morgan fingerprint density at radius 2 is 1.88 bits per heavy atom. The molecule has 0 spiro atoms. The van der Waals surface area contributed by atoms with Crippen LogP contribution >= 0.6 is 0 Å². The molecule has 1 fully saturated rings. The van der Waals surface area contributed by atoms with E-state index in [9.17, 15) is 4.79 Å². The lowest BCUT2D eigenvalue weighted by atomic mass is 10.0. The summed E-state index contributed by atoms with van der Waals surface area (Å²) in [5.74, 6) is 0.235. The molecule has 2 aromatic carbocycles. The van der Waals surface area contributed by atoms with Crippen molar-refractivity contribution in [3.8, 4) is 0 Å². The summed E-state index contributed by atoms with van der Waals surface area (Å²) in [6.45, 7) is 4.96. The summed E-state index contributed by atoms with van der Waals surface area (Å²) in [5.41, 5.74) is 11.6. The molecule has 0 unspecified atom stereocenters. The Bertz CT molecular complexity index is 734. The van der Waals surface area contributed by atoms with Crippen LogP contribution in [-0.4, -0.2) is 16.8 Å². The Morgan fingerprint density at radius 1 is 1.12 bits per heavy atom. The average Bonchev–Trinajstić information content (AvgIpc) is 3.39. The van der Waals surface area contributed by atoms with Gasteiger partial charge in [0, 0.05) is 24.7 Å². The highest BCUT2D eigenvalue weighted by Gasteiger charge is 2.32. The monoisotopic (exact) mass is 322 g/mol. The molecule has 24 heavy (non-hydrogen) atoms. The van der Waals surface area contributed by atoms with Gasteiger partial charge in [0.1, 0.15) is 0 Å². The smallest absolute Gasteiger partial charge is 0.223 e. The summed E-state index contributed by atoms with van der Waals surface area (Å²) >= 11 is 0. The van der Waals surface area contributed by atoms with Crippen LogP contribution in [0.5, 0.6) is 0 Å². The van der Waals surface area contributed by atoms with Crippen LogP contribution in [0.25, 0.3) is 0 Å². The molecule has 1 saturated carbocycles. The van der Waals surface area contributed by atoms with Crippen LogP contribution in [-0.2, 0) is 17.8 Å². The van der Waals surface area contributed by atoms with Gasteiger partial charge in [0.15, 0.2) is 0 Å². The van der Waals surface area contributed by atoms with Crippen LogP contribution in [0, 0.1) is 13.8 Å². The molecule has 1 aliphatic rings. The predicted molar refractivity (Wildman–Crippen MR) is 98.7 cm³/mol. The van der Waals surface area contributed by atoms with Crippen molar-refractivity contribution in [2.24, 2.45) is 0 Å². The maximum absolute atomic E-state index is 12.8. The Labute approximate surface area is 144 Å². The molecule has 126 valence electrons. The van der Waals surface area contributed by atoms with Crippen molar-refractivity contribution >= 4 is 11.6 Å². The highest BCUT2D eigenvalue weighted by atomic mass is 16.2. The summed E-state index contributed by atoms with van der Waals surface area (Å²) in [4.78, 5) is 14.8. The molecule has 3 nitrogen and oxygen atoms in total. The molecule has 2 aromatic rings. The van der Waals surface area contributed by atoms with E-state index in [4.69, 9.17) is 5.73 Å². The molecule has 0 bridgehead atoms. The largest absolute Gasteiger partial charge is 0.399 e. The normalized spacial score (nSPS) is 13.8.